The summed E-state index contributed by atoms with van der Waals surface area (Å²) in [5.41, 5.74) is 0.774. The fourth-order valence-corrected chi connectivity index (χ4v) is 1.92. The van der Waals surface area contributed by atoms with Gasteiger partial charge in [0.05, 0.1) is 17.3 Å². The van der Waals surface area contributed by atoms with Crippen LogP contribution in [0.1, 0.15) is 26.0 Å². The molecule has 20 heavy (non-hydrogen) atoms. The lowest BCUT2D eigenvalue weighted by atomic mass is 10.3. The van der Waals surface area contributed by atoms with Gasteiger partial charge in [0, 0.05) is 19.6 Å². The molecule has 1 aromatic heterocycles. The summed E-state index contributed by atoms with van der Waals surface area (Å²) in [5, 5.41) is 6.62. The second kappa shape index (κ2) is 8.76. The maximum Gasteiger partial charge on any atom is 0.234 e. The standard InChI is InChI=1S/C14H23ClN4O/c1-4-8-17-14(20)10-19(3)9-12-11(15)6-7-13(18-12)16-5-2/h6-7H,4-5,8-10H2,1-3H3,(H,16,18)(H,17,20). The summed E-state index contributed by atoms with van der Waals surface area (Å²) in [7, 11) is 1.88. The van der Waals surface area contributed by atoms with Crippen molar-refractivity contribution in [3.63, 3.8) is 0 Å². The highest BCUT2D eigenvalue weighted by molar-refractivity contribution is 6.31. The Morgan fingerprint density at radius 2 is 2.15 bits per heavy atom. The minimum Gasteiger partial charge on any atom is -0.370 e. The normalized spacial score (nSPS) is 10.7. The van der Waals surface area contributed by atoms with Gasteiger partial charge in [-0.3, -0.25) is 9.69 Å². The SMILES string of the molecule is CCCNC(=O)CN(C)Cc1nc(NCC)ccc1Cl. The van der Waals surface area contributed by atoms with Crippen LogP contribution >= 0.6 is 11.6 Å². The highest BCUT2D eigenvalue weighted by Gasteiger charge is 2.10. The van der Waals surface area contributed by atoms with E-state index in [-0.39, 0.29) is 5.91 Å². The molecule has 5 nitrogen and oxygen atoms in total. The molecule has 1 heterocycles. The number of carbonyl (C=O) groups is 1. The van der Waals surface area contributed by atoms with Gasteiger partial charge in [0.25, 0.3) is 0 Å². The Hall–Kier alpha value is -1.33. The van der Waals surface area contributed by atoms with Crippen molar-refractivity contribution in [2.45, 2.75) is 26.8 Å². The van der Waals surface area contributed by atoms with Crippen molar-refractivity contribution >= 4 is 23.3 Å². The molecule has 0 unspecified atom stereocenters. The van der Waals surface area contributed by atoms with Crippen LogP contribution in [-0.4, -0.2) is 42.5 Å². The first-order valence-electron chi connectivity index (χ1n) is 6.91. The Bertz CT molecular complexity index is 439. The summed E-state index contributed by atoms with van der Waals surface area (Å²) in [4.78, 5) is 18.0. The number of hydrogen-bond donors (Lipinski definition) is 2. The Morgan fingerprint density at radius 3 is 2.80 bits per heavy atom. The fourth-order valence-electron chi connectivity index (χ4n) is 1.75. The Balaban J connectivity index is 2.58. The van der Waals surface area contributed by atoms with Gasteiger partial charge >= 0.3 is 0 Å². The molecule has 1 rings (SSSR count). The summed E-state index contributed by atoms with van der Waals surface area (Å²) in [6.45, 7) is 6.44. The summed E-state index contributed by atoms with van der Waals surface area (Å²) in [6, 6.07) is 3.68. The third kappa shape index (κ3) is 5.75. The zero-order valence-corrected chi connectivity index (χ0v) is 13.1. The first-order valence-corrected chi connectivity index (χ1v) is 7.29. The van der Waals surface area contributed by atoms with Crippen LogP contribution in [-0.2, 0) is 11.3 Å². The molecule has 0 spiro atoms. The second-order valence-electron chi connectivity index (χ2n) is 4.68. The number of pyridine rings is 1. The van der Waals surface area contributed by atoms with Gasteiger partial charge in [-0.25, -0.2) is 4.98 Å². The molecule has 0 aliphatic heterocycles. The van der Waals surface area contributed by atoms with Gasteiger partial charge in [-0.05, 0) is 32.5 Å². The van der Waals surface area contributed by atoms with Crippen molar-refractivity contribution < 1.29 is 4.79 Å². The van der Waals surface area contributed by atoms with E-state index >= 15 is 0 Å². The van der Waals surface area contributed by atoms with Crippen LogP contribution in [0, 0.1) is 0 Å². The second-order valence-corrected chi connectivity index (χ2v) is 5.08. The largest absolute Gasteiger partial charge is 0.370 e. The molecule has 1 amide bonds. The van der Waals surface area contributed by atoms with E-state index in [1.165, 1.54) is 0 Å². The minimum absolute atomic E-state index is 0.0216. The first kappa shape index (κ1) is 16.7. The van der Waals surface area contributed by atoms with E-state index in [4.69, 9.17) is 11.6 Å². The van der Waals surface area contributed by atoms with Crippen molar-refractivity contribution in [3.05, 3.63) is 22.8 Å². The maximum absolute atomic E-state index is 11.6. The third-order valence-electron chi connectivity index (χ3n) is 2.68. The summed E-state index contributed by atoms with van der Waals surface area (Å²) in [5.74, 6) is 0.823. The summed E-state index contributed by atoms with van der Waals surface area (Å²) in [6.07, 6.45) is 0.938. The summed E-state index contributed by atoms with van der Waals surface area (Å²) >= 11 is 6.14. The number of nitrogens with zero attached hydrogens (tertiary/aromatic N) is 2. The number of rotatable bonds is 8. The monoisotopic (exact) mass is 298 g/mol. The van der Waals surface area contributed by atoms with Crippen LogP contribution < -0.4 is 10.6 Å². The zero-order chi connectivity index (χ0) is 15.0. The van der Waals surface area contributed by atoms with Crippen molar-refractivity contribution in [2.24, 2.45) is 0 Å². The van der Waals surface area contributed by atoms with E-state index in [9.17, 15) is 4.79 Å². The molecule has 6 heteroatoms. The number of halogens is 1. The highest BCUT2D eigenvalue weighted by atomic mass is 35.5. The molecule has 0 atom stereocenters. The molecular weight excluding hydrogens is 276 g/mol. The molecule has 112 valence electrons. The van der Waals surface area contributed by atoms with Crippen molar-refractivity contribution in [2.75, 3.05) is 32.0 Å². The Kier molecular flexibility index (Phi) is 7.33. The number of amides is 1. The Labute approximate surface area is 125 Å². The lowest BCUT2D eigenvalue weighted by Gasteiger charge is -2.17. The average molecular weight is 299 g/mol. The van der Waals surface area contributed by atoms with E-state index in [0.717, 1.165) is 24.5 Å². The smallest absolute Gasteiger partial charge is 0.234 e. The van der Waals surface area contributed by atoms with Gasteiger partial charge in [0.2, 0.25) is 5.91 Å². The highest BCUT2D eigenvalue weighted by Crippen LogP contribution is 2.17. The zero-order valence-electron chi connectivity index (χ0n) is 12.4. The van der Waals surface area contributed by atoms with Crippen molar-refractivity contribution in [1.29, 1.82) is 0 Å². The molecule has 0 aliphatic rings. The lowest BCUT2D eigenvalue weighted by Crippen LogP contribution is -2.35. The first-order chi connectivity index (χ1) is 9.56. The van der Waals surface area contributed by atoms with Crippen LogP contribution in [0.2, 0.25) is 5.02 Å². The number of hydrogen-bond acceptors (Lipinski definition) is 4. The molecule has 0 aromatic carbocycles. The Morgan fingerprint density at radius 1 is 1.40 bits per heavy atom. The van der Waals surface area contributed by atoms with Crippen LogP contribution in [0.5, 0.6) is 0 Å². The van der Waals surface area contributed by atoms with E-state index < -0.39 is 0 Å². The molecule has 0 aliphatic carbocycles. The number of anilines is 1. The molecule has 1 aromatic rings. The number of likely N-dealkylation sites (N-methyl/N-ethyl adjacent to an activating group) is 1. The van der Waals surface area contributed by atoms with Gasteiger partial charge in [0.1, 0.15) is 5.82 Å². The van der Waals surface area contributed by atoms with Crippen molar-refractivity contribution in [1.82, 2.24) is 15.2 Å². The van der Waals surface area contributed by atoms with Crippen LogP contribution in [0.4, 0.5) is 5.82 Å². The van der Waals surface area contributed by atoms with Crippen molar-refractivity contribution in [3.8, 4) is 0 Å². The quantitative estimate of drug-likeness (QED) is 0.772. The van der Waals surface area contributed by atoms with Gasteiger partial charge in [0.15, 0.2) is 0 Å². The van der Waals surface area contributed by atoms with Crippen LogP contribution in [0.3, 0.4) is 0 Å². The molecule has 0 radical (unpaired) electrons. The van der Waals surface area contributed by atoms with Gasteiger partial charge in [-0.2, -0.15) is 0 Å². The van der Waals surface area contributed by atoms with Crippen LogP contribution in [0.15, 0.2) is 12.1 Å². The molecule has 0 saturated carbocycles. The number of aromatic nitrogens is 1. The van der Waals surface area contributed by atoms with Gasteiger partial charge in [-0.15, -0.1) is 0 Å². The molecule has 0 bridgehead atoms. The maximum atomic E-state index is 11.6. The molecule has 2 N–H and O–H groups in total. The van der Waals surface area contributed by atoms with E-state index in [2.05, 4.69) is 15.6 Å². The fraction of sp³-hybridized carbons (Fsp3) is 0.571. The topological polar surface area (TPSA) is 57.3 Å². The van der Waals surface area contributed by atoms with E-state index in [0.29, 0.717) is 24.7 Å². The number of carbonyl (C=O) groups excluding carboxylic acids is 1. The number of nitrogens with one attached hydrogen (secondary N) is 2. The summed E-state index contributed by atoms with van der Waals surface area (Å²) < 4.78 is 0. The van der Waals surface area contributed by atoms with E-state index in [1.807, 2.05) is 37.9 Å². The minimum atomic E-state index is 0.0216. The molecular formula is C14H23ClN4O. The predicted octanol–water partition coefficient (Wildman–Crippen LogP) is 2.12. The third-order valence-corrected chi connectivity index (χ3v) is 3.03. The van der Waals surface area contributed by atoms with Crippen LogP contribution in [0.25, 0.3) is 0 Å². The van der Waals surface area contributed by atoms with Gasteiger partial charge in [-0.1, -0.05) is 18.5 Å². The average Bonchev–Trinajstić information content (AvgIpc) is 2.40. The predicted molar refractivity (Wildman–Crippen MR) is 83.0 cm³/mol. The molecule has 0 fully saturated rings. The molecule has 0 saturated heterocycles. The lowest BCUT2D eigenvalue weighted by molar-refractivity contribution is -0.122. The van der Waals surface area contributed by atoms with E-state index in [1.54, 1.807) is 0 Å². The van der Waals surface area contributed by atoms with Gasteiger partial charge < -0.3 is 10.6 Å².